The van der Waals surface area contributed by atoms with Crippen molar-refractivity contribution in [1.82, 2.24) is 4.90 Å². The standard InChI is InChI=1S/C26H45NO4S2/c1-5-6-7-8-9-11-22(12-10-13-24(28)27-16-17-33-25(27)32)30-26(29)31-23-18-21(19(2)3)15-14-20(23)4/h19-23H,5-18H2,1-4H3. The minimum absolute atomic E-state index is 0.0564. The molecule has 1 heterocycles. The van der Waals surface area contributed by atoms with Crippen molar-refractivity contribution in [2.45, 2.75) is 117 Å². The molecule has 0 N–H and O–H groups in total. The second-order valence-electron chi connectivity index (χ2n) is 10.2. The van der Waals surface area contributed by atoms with Crippen LogP contribution >= 0.6 is 24.0 Å². The van der Waals surface area contributed by atoms with Crippen molar-refractivity contribution in [3.8, 4) is 0 Å². The first kappa shape index (κ1) is 28.4. The highest BCUT2D eigenvalue weighted by Gasteiger charge is 2.33. The zero-order chi connectivity index (χ0) is 24.2. The Hall–Kier alpha value is -0.820. The molecule has 1 saturated carbocycles. The molecule has 1 aliphatic heterocycles. The first-order valence-electron chi connectivity index (χ1n) is 13.2. The van der Waals surface area contributed by atoms with Gasteiger partial charge in [0.1, 0.15) is 16.5 Å². The molecule has 190 valence electrons. The minimum atomic E-state index is -0.529. The van der Waals surface area contributed by atoms with E-state index in [0.29, 0.717) is 47.9 Å². The average Bonchev–Trinajstić information content (AvgIpc) is 3.20. The molecule has 2 fully saturated rings. The van der Waals surface area contributed by atoms with E-state index in [1.807, 2.05) is 0 Å². The highest BCUT2D eigenvalue weighted by atomic mass is 32.2. The van der Waals surface area contributed by atoms with E-state index in [4.69, 9.17) is 21.7 Å². The molecule has 2 rings (SSSR count). The van der Waals surface area contributed by atoms with Crippen LogP contribution in [0.25, 0.3) is 0 Å². The van der Waals surface area contributed by atoms with E-state index < -0.39 is 6.16 Å². The summed E-state index contributed by atoms with van der Waals surface area (Å²) in [5, 5.41) is 0. The van der Waals surface area contributed by atoms with Gasteiger partial charge in [0.2, 0.25) is 5.91 Å². The number of nitrogens with zero attached hydrogens (tertiary/aromatic N) is 1. The Labute approximate surface area is 211 Å². The van der Waals surface area contributed by atoms with Gasteiger partial charge in [-0.05, 0) is 62.7 Å². The predicted octanol–water partition coefficient (Wildman–Crippen LogP) is 7.36. The predicted molar refractivity (Wildman–Crippen MR) is 140 cm³/mol. The van der Waals surface area contributed by atoms with Gasteiger partial charge in [-0.15, -0.1) is 0 Å². The van der Waals surface area contributed by atoms with Crippen molar-refractivity contribution in [3.05, 3.63) is 0 Å². The normalized spacial score (nSPS) is 24.2. The van der Waals surface area contributed by atoms with Crippen LogP contribution in [0.1, 0.15) is 105 Å². The van der Waals surface area contributed by atoms with Crippen LogP contribution in [0.5, 0.6) is 0 Å². The second-order valence-corrected chi connectivity index (χ2v) is 11.9. The van der Waals surface area contributed by atoms with Crippen LogP contribution in [-0.2, 0) is 14.3 Å². The van der Waals surface area contributed by atoms with Crippen molar-refractivity contribution in [2.75, 3.05) is 12.3 Å². The topological polar surface area (TPSA) is 55.8 Å². The van der Waals surface area contributed by atoms with Gasteiger partial charge >= 0.3 is 6.16 Å². The number of carbonyl (C=O) groups excluding carboxylic acids is 2. The molecule has 2 aliphatic rings. The van der Waals surface area contributed by atoms with E-state index in [9.17, 15) is 9.59 Å². The summed E-state index contributed by atoms with van der Waals surface area (Å²) < 4.78 is 12.3. The Kier molecular flexibility index (Phi) is 13.1. The molecule has 0 aromatic heterocycles. The summed E-state index contributed by atoms with van der Waals surface area (Å²) in [4.78, 5) is 26.9. The summed E-state index contributed by atoms with van der Waals surface area (Å²) in [6.07, 6.45) is 11.0. The van der Waals surface area contributed by atoms with Gasteiger partial charge in [0.05, 0.1) is 0 Å². The summed E-state index contributed by atoms with van der Waals surface area (Å²) in [5.74, 6) is 2.56. The van der Waals surface area contributed by atoms with Crippen LogP contribution < -0.4 is 0 Å². The largest absolute Gasteiger partial charge is 0.508 e. The fourth-order valence-corrected chi connectivity index (χ4v) is 6.08. The molecule has 4 unspecified atom stereocenters. The summed E-state index contributed by atoms with van der Waals surface area (Å²) in [7, 11) is 0. The number of hydrogen-bond donors (Lipinski definition) is 0. The van der Waals surface area contributed by atoms with Crippen LogP contribution in [0.4, 0.5) is 4.79 Å². The number of amides is 1. The van der Waals surface area contributed by atoms with Gasteiger partial charge in [-0.25, -0.2) is 4.79 Å². The van der Waals surface area contributed by atoms with Crippen molar-refractivity contribution < 1.29 is 19.1 Å². The van der Waals surface area contributed by atoms with Crippen LogP contribution in [0, 0.1) is 17.8 Å². The second kappa shape index (κ2) is 15.2. The van der Waals surface area contributed by atoms with Crippen molar-refractivity contribution in [3.63, 3.8) is 0 Å². The van der Waals surface area contributed by atoms with Crippen LogP contribution in [0.15, 0.2) is 0 Å². The molecule has 0 spiro atoms. The van der Waals surface area contributed by atoms with Crippen LogP contribution in [0.3, 0.4) is 0 Å². The lowest BCUT2D eigenvalue weighted by molar-refractivity contribution is -0.127. The van der Waals surface area contributed by atoms with Gasteiger partial charge in [-0.2, -0.15) is 0 Å². The summed E-state index contributed by atoms with van der Waals surface area (Å²) in [6, 6.07) is 0. The monoisotopic (exact) mass is 499 g/mol. The minimum Gasteiger partial charge on any atom is -0.431 e. The molecule has 0 bridgehead atoms. The number of ether oxygens (including phenoxy) is 2. The van der Waals surface area contributed by atoms with Gasteiger partial charge in [0, 0.05) is 18.7 Å². The number of unbranched alkanes of at least 4 members (excludes halogenated alkanes) is 4. The van der Waals surface area contributed by atoms with E-state index in [1.165, 1.54) is 25.7 Å². The van der Waals surface area contributed by atoms with Crippen molar-refractivity contribution in [1.29, 1.82) is 0 Å². The third-order valence-corrected chi connectivity index (χ3v) is 8.65. The number of carbonyl (C=O) groups is 2. The highest BCUT2D eigenvalue weighted by Crippen LogP contribution is 2.35. The Morgan fingerprint density at radius 2 is 1.85 bits per heavy atom. The van der Waals surface area contributed by atoms with Gasteiger partial charge in [0.15, 0.2) is 0 Å². The summed E-state index contributed by atoms with van der Waals surface area (Å²) in [6.45, 7) is 9.59. The van der Waals surface area contributed by atoms with Gasteiger partial charge in [0.25, 0.3) is 0 Å². The van der Waals surface area contributed by atoms with Crippen LogP contribution in [-0.4, -0.2) is 45.8 Å². The van der Waals surface area contributed by atoms with E-state index in [0.717, 1.165) is 37.9 Å². The highest BCUT2D eigenvalue weighted by molar-refractivity contribution is 8.23. The molecule has 4 atom stereocenters. The Morgan fingerprint density at radius 3 is 2.52 bits per heavy atom. The first-order valence-corrected chi connectivity index (χ1v) is 14.6. The van der Waals surface area contributed by atoms with Crippen LogP contribution in [0.2, 0.25) is 0 Å². The zero-order valence-corrected chi connectivity index (χ0v) is 22.8. The molecular formula is C26H45NO4S2. The van der Waals surface area contributed by atoms with E-state index in [1.54, 1.807) is 16.7 Å². The fraction of sp³-hybridized carbons (Fsp3) is 0.885. The Bertz CT molecular complexity index is 627. The SMILES string of the molecule is CCCCCCCC(CCCC(=O)N1CCSC1=S)OC(=O)OC1CC(C(C)C)CCC1C. The third kappa shape index (κ3) is 10.1. The summed E-state index contributed by atoms with van der Waals surface area (Å²) >= 11 is 6.83. The van der Waals surface area contributed by atoms with E-state index in [-0.39, 0.29) is 18.1 Å². The molecule has 7 heteroatoms. The average molecular weight is 500 g/mol. The van der Waals surface area contributed by atoms with Gasteiger partial charge in [-0.1, -0.05) is 77.4 Å². The van der Waals surface area contributed by atoms with E-state index in [2.05, 4.69) is 27.7 Å². The molecule has 33 heavy (non-hydrogen) atoms. The lowest BCUT2D eigenvalue weighted by Crippen LogP contribution is -2.35. The zero-order valence-electron chi connectivity index (χ0n) is 21.2. The fourth-order valence-electron chi connectivity index (χ4n) is 4.84. The maximum atomic E-state index is 12.7. The molecule has 0 aromatic carbocycles. The maximum Gasteiger partial charge on any atom is 0.508 e. The Balaban J connectivity index is 1.82. The van der Waals surface area contributed by atoms with Gasteiger partial charge in [-0.3, -0.25) is 9.69 Å². The maximum absolute atomic E-state index is 12.7. The first-order chi connectivity index (χ1) is 15.8. The molecular weight excluding hydrogens is 454 g/mol. The summed E-state index contributed by atoms with van der Waals surface area (Å²) in [5.41, 5.74) is 0. The number of thiocarbonyl (C=S) groups is 1. The number of rotatable bonds is 13. The lowest BCUT2D eigenvalue weighted by atomic mass is 9.76. The number of hydrogen-bond acceptors (Lipinski definition) is 6. The molecule has 5 nitrogen and oxygen atoms in total. The Morgan fingerprint density at radius 1 is 1.12 bits per heavy atom. The molecule has 1 aliphatic carbocycles. The van der Waals surface area contributed by atoms with Gasteiger partial charge < -0.3 is 9.47 Å². The number of thioether (sulfide) groups is 1. The molecule has 1 saturated heterocycles. The van der Waals surface area contributed by atoms with Crippen molar-refractivity contribution >= 4 is 40.4 Å². The lowest BCUT2D eigenvalue weighted by Gasteiger charge is -2.35. The molecule has 0 radical (unpaired) electrons. The van der Waals surface area contributed by atoms with E-state index >= 15 is 0 Å². The molecule has 0 aromatic rings. The molecule has 1 amide bonds. The van der Waals surface area contributed by atoms with Crippen molar-refractivity contribution in [2.24, 2.45) is 17.8 Å². The quantitative estimate of drug-likeness (QED) is 0.150. The third-order valence-electron chi connectivity index (χ3n) is 7.22. The smallest absolute Gasteiger partial charge is 0.431 e.